The number of ether oxygens (including phenoxy) is 1. The molecule has 0 saturated heterocycles. The van der Waals surface area contributed by atoms with Gasteiger partial charge in [-0.3, -0.25) is 9.78 Å². The Bertz CT molecular complexity index is 1290. The fourth-order valence-electron chi connectivity index (χ4n) is 3.32. The van der Waals surface area contributed by atoms with Crippen LogP contribution in [-0.2, 0) is 4.79 Å². The lowest BCUT2D eigenvalue weighted by Gasteiger charge is -2.17. The molecule has 0 atom stereocenters. The maximum atomic E-state index is 12.7. The summed E-state index contributed by atoms with van der Waals surface area (Å²) in [6, 6.07) is 23.9. The molecule has 0 bridgehead atoms. The molecule has 1 heterocycles. The summed E-state index contributed by atoms with van der Waals surface area (Å²) in [5.41, 5.74) is 4.08. The molecule has 0 radical (unpaired) electrons. The van der Waals surface area contributed by atoms with Crippen LogP contribution in [0.5, 0.6) is 5.75 Å². The van der Waals surface area contributed by atoms with E-state index in [0.29, 0.717) is 17.0 Å². The molecule has 0 N–H and O–H groups in total. The van der Waals surface area contributed by atoms with Crippen molar-refractivity contribution in [3.8, 4) is 5.75 Å². The van der Waals surface area contributed by atoms with E-state index in [9.17, 15) is 9.59 Å². The van der Waals surface area contributed by atoms with Gasteiger partial charge < -0.3 is 9.64 Å². The van der Waals surface area contributed by atoms with Crippen LogP contribution in [0.1, 0.15) is 21.5 Å². The van der Waals surface area contributed by atoms with Crippen LogP contribution >= 0.6 is 0 Å². The van der Waals surface area contributed by atoms with Gasteiger partial charge in [0, 0.05) is 41.5 Å². The Morgan fingerprint density at radius 3 is 2.38 bits per heavy atom. The van der Waals surface area contributed by atoms with Crippen LogP contribution in [0, 0.1) is 6.92 Å². The van der Waals surface area contributed by atoms with Crippen molar-refractivity contribution in [2.45, 2.75) is 6.92 Å². The number of hydrogen-bond donors (Lipinski definition) is 0. The topological polar surface area (TPSA) is 59.5 Å². The first-order valence-corrected chi connectivity index (χ1v) is 10.2. The zero-order valence-corrected chi connectivity index (χ0v) is 17.9. The number of benzene rings is 3. The quantitative estimate of drug-likeness (QED) is 0.244. The second kappa shape index (κ2) is 9.27. The van der Waals surface area contributed by atoms with E-state index in [1.165, 1.54) is 6.08 Å². The summed E-state index contributed by atoms with van der Waals surface area (Å²) in [5, 5.41) is 1.00. The van der Waals surface area contributed by atoms with Crippen LogP contribution in [0.4, 0.5) is 5.69 Å². The Morgan fingerprint density at radius 2 is 1.62 bits per heavy atom. The van der Waals surface area contributed by atoms with Gasteiger partial charge in [0.2, 0.25) is 0 Å². The fourth-order valence-corrected chi connectivity index (χ4v) is 3.32. The Morgan fingerprint density at radius 1 is 0.906 bits per heavy atom. The molecule has 3 aromatic carbocycles. The minimum atomic E-state index is -0.491. The maximum Gasteiger partial charge on any atom is 0.336 e. The molecule has 0 fully saturated rings. The van der Waals surface area contributed by atoms with Gasteiger partial charge >= 0.3 is 5.97 Å². The van der Waals surface area contributed by atoms with Crippen molar-refractivity contribution in [1.82, 2.24) is 4.98 Å². The highest BCUT2D eigenvalue weighted by Gasteiger charge is 2.13. The van der Waals surface area contributed by atoms with Gasteiger partial charge in [-0.25, -0.2) is 4.79 Å². The van der Waals surface area contributed by atoms with E-state index in [-0.39, 0.29) is 5.91 Å². The predicted molar refractivity (Wildman–Crippen MR) is 127 cm³/mol. The third kappa shape index (κ3) is 4.73. The molecular formula is C27H22N2O3. The molecule has 0 spiro atoms. The first kappa shape index (κ1) is 21.0. The van der Waals surface area contributed by atoms with Gasteiger partial charge in [-0.15, -0.1) is 0 Å². The monoisotopic (exact) mass is 422 g/mol. The fraction of sp³-hybridized carbons (Fsp3) is 0.0741. The number of nitrogens with zero attached hydrogens (tertiary/aromatic N) is 2. The van der Waals surface area contributed by atoms with Gasteiger partial charge in [0.05, 0.1) is 5.52 Å². The van der Waals surface area contributed by atoms with Gasteiger partial charge in [-0.2, -0.15) is 0 Å². The second-order valence-electron chi connectivity index (χ2n) is 7.40. The van der Waals surface area contributed by atoms with E-state index < -0.39 is 5.97 Å². The molecule has 0 aliphatic heterocycles. The van der Waals surface area contributed by atoms with Crippen LogP contribution in [0.2, 0.25) is 0 Å². The van der Waals surface area contributed by atoms with E-state index in [1.807, 2.05) is 61.5 Å². The molecule has 0 unspecified atom stereocenters. The van der Waals surface area contributed by atoms with Crippen molar-refractivity contribution in [1.29, 1.82) is 0 Å². The Kier molecular flexibility index (Phi) is 6.08. The molecule has 4 rings (SSSR count). The van der Waals surface area contributed by atoms with Crippen molar-refractivity contribution < 1.29 is 14.3 Å². The molecule has 1 amide bonds. The summed E-state index contributed by atoms with van der Waals surface area (Å²) in [6.45, 7) is 1.98. The minimum Gasteiger partial charge on any atom is -0.423 e. The van der Waals surface area contributed by atoms with E-state index in [2.05, 4.69) is 4.98 Å². The number of aromatic nitrogens is 1. The summed E-state index contributed by atoms with van der Waals surface area (Å²) in [5.74, 6) is -0.202. The lowest BCUT2D eigenvalue weighted by Crippen LogP contribution is -2.26. The van der Waals surface area contributed by atoms with E-state index in [4.69, 9.17) is 4.74 Å². The second-order valence-corrected chi connectivity index (χ2v) is 7.40. The largest absolute Gasteiger partial charge is 0.423 e. The van der Waals surface area contributed by atoms with Crippen LogP contribution in [0.25, 0.3) is 17.0 Å². The van der Waals surface area contributed by atoms with Gasteiger partial charge in [0.15, 0.2) is 0 Å². The molecule has 32 heavy (non-hydrogen) atoms. The number of amides is 1. The van der Waals surface area contributed by atoms with Crippen molar-refractivity contribution >= 4 is 34.5 Å². The summed E-state index contributed by atoms with van der Waals surface area (Å²) < 4.78 is 5.39. The van der Waals surface area contributed by atoms with Gasteiger partial charge in [0.1, 0.15) is 5.75 Å². The molecule has 5 nitrogen and oxygen atoms in total. The zero-order valence-electron chi connectivity index (χ0n) is 17.9. The first-order valence-electron chi connectivity index (χ1n) is 10.2. The number of rotatable bonds is 5. The third-order valence-corrected chi connectivity index (χ3v) is 5.11. The molecule has 0 aliphatic carbocycles. The number of fused-ring (bicyclic) bond motifs is 1. The van der Waals surface area contributed by atoms with Crippen molar-refractivity contribution in [3.05, 3.63) is 108 Å². The molecule has 158 valence electrons. The number of anilines is 1. The van der Waals surface area contributed by atoms with E-state index in [0.717, 1.165) is 22.0 Å². The summed E-state index contributed by atoms with van der Waals surface area (Å²) in [6.07, 6.45) is 4.80. The Hall–Kier alpha value is -4.25. The number of hydrogen-bond acceptors (Lipinski definition) is 4. The predicted octanol–water partition coefficient (Wildman–Crippen LogP) is 5.44. The van der Waals surface area contributed by atoms with Crippen molar-refractivity contribution in [3.63, 3.8) is 0 Å². The normalized spacial score (nSPS) is 10.9. The number of esters is 1. The number of carbonyl (C=O) groups is 2. The molecule has 4 aromatic rings. The number of pyridine rings is 1. The minimum absolute atomic E-state index is 0.110. The van der Waals surface area contributed by atoms with Crippen LogP contribution in [0.15, 0.2) is 91.1 Å². The first-order chi connectivity index (χ1) is 15.5. The van der Waals surface area contributed by atoms with Gasteiger partial charge in [-0.05, 0) is 55.5 Å². The van der Waals surface area contributed by atoms with Gasteiger partial charge in [-0.1, -0.05) is 42.0 Å². The average Bonchev–Trinajstić information content (AvgIpc) is 2.83. The van der Waals surface area contributed by atoms with Crippen molar-refractivity contribution in [2.75, 3.05) is 11.9 Å². The number of para-hydroxylation sites is 1. The molecule has 5 heteroatoms. The lowest BCUT2D eigenvalue weighted by atomic mass is 10.1. The highest BCUT2D eigenvalue weighted by atomic mass is 16.5. The average molecular weight is 422 g/mol. The highest BCUT2D eigenvalue weighted by molar-refractivity contribution is 6.05. The molecule has 0 aliphatic rings. The Balaban J connectivity index is 1.41. The van der Waals surface area contributed by atoms with Crippen LogP contribution in [-0.4, -0.2) is 23.9 Å². The Labute approximate surface area is 186 Å². The van der Waals surface area contributed by atoms with E-state index in [1.54, 1.807) is 48.5 Å². The smallest absolute Gasteiger partial charge is 0.336 e. The maximum absolute atomic E-state index is 12.7. The standard InChI is InChI=1S/C27H22N2O3/c1-19-8-10-22(11-9-19)27(31)29(2)23-13-15-24(16-14-23)32-25(30)17-12-21-6-3-5-20-7-4-18-28-26(20)21/h3-18H,1-2H3/b17-12+. The summed E-state index contributed by atoms with van der Waals surface area (Å²) in [7, 11) is 1.71. The molecule has 0 saturated carbocycles. The lowest BCUT2D eigenvalue weighted by molar-refractivity contribution is -0.128. The zero-order chi connectivity index (χ0) is 22.5. The van der Waals surface area contributed by atoms with Crippen molar-refractivity contribution in [2.24, 2.45) is 0 Å². The molecular weight excluding hydrogens is 400 g/mol. The van der Waals surface area contributed by atoms with E-state index >= 15 is 0 Å². The van der Waals surface area contributed by atoms with Gasteiger partial charge in [0.25, 0.3) is 5.91 Å². The SMILES string of the molecule is Cc1ccc(C(=O)N(C)c2ccc(OC(=O)/C=C/c3cccc4cccnc34)cc2)cc1. The molecule has 1 aromatic heterocycles. The van der Waals surface area contributed by atoms with Crippen LogP contribution in [0.3, 0.4) is 0 Å². The number of carbonyl (C=O) groups excluding carboxylic acids is 2. The number of aryl methyl sites for hydroxylation is 1. The highest BCUT2D eigenvalue weighted by Crippen LogP contribution is 2.21. The summed E-state index contributed by atoms with van der Waals surface area (Å²) >= 11 is 0. The third-order valence-electron chi connectivity index (χ3n) is 5.11. The van der Waals surface area contributed by atoms with Crippen LogP contribution < -0.4 is 9.64 Å². The summed E-state index contributed by atoms with van der Waals surface area (Å²) in [4.78, 5) is 30.9.